The van der Waals surface area contributed by atoms with Crippen LogP contribution in [0.25, 0.3) is 0 Å². The number of aliphatic imine (C=N–C) groups is 1. The quantitative estimate of drug-likeness (QED) is 0.533. The number of hydrogen-bond acceptors (Lipinski definition) is 2. The molecular weight excluding hydrogens is 385 g/mol. The molecule has 0 saturated carbocycles. The lowest BCUT2D eigenvalue weighted by atomic mass is 9.88. The summed E-state index contributed by atoms with van der Waals surface area (Å²) in [6, 6.07) is 26.5. The average Bonchev–Trinajstić information content (AvgIpc) is 3.21. The van der Waals surface area contributed by atoms with Crippen molar-refractivity contribution in [1.82, 2.24) is 0 Å². The van der Waals surface area contributed by atoms with Crippen molar-refractivity contribution in [1.29, 1.82) is 0 Å². The summed E-state index contributed by atoms with van der Waals surface area (Å²) in [6.07, 6.45) is 0. The van der Waals surface area contributed by atoms with Gasteiger partial charge in [-0.25, -0.2) is 4.99 Å². The van der Waals surface area contributed by atoms with Crippen LogP contribution in [0.2, 0.25) is 0 Å². The normalized spacial score (nSPS) is 17.4. The molecule has 1 unspecified atom stereocenters. The van der Waals surface area contributed by atoms with Gasteiger partial charge in [-0.2, -0.15) is 0 Å². The van der Waals surface area contributed by atoms with Crippen LogP contribution in [0.4, 0.5) is 0 Å². The zero-order chi connectivity index (χ0) is 21.3. The fourth-order valence-corrected chi connectivity index (χ4v) is 6.50. The van der Waals surface area contributed by atoms with E-state index in [2.05, 4.69) is 107 Å². The Balaban J connectivity index is 1.89. The minimum atomic E-state index is -0.723. The minimum Gasteiger partial charge on any atom is -0.475 e. The van der Waals surface area contributed by atoms with Gasteiger partial charge < -0.3 is 4.74 Å². The summed E-state index contributed by atoms with van der Waals surface area (Å²) < 4.78 is 6.16. The van der Waals surface area contributed by atoms with Gasteiger partial charge in [0.05, 0.1) is 6.04 Å². The van der Waals surface area contributed by atoms with Gasteiger partial charge in [-0.05, 0) is 54.7 Å². The maximum atomic E-state index is 6.16. The molecule has 30 heavy (non-hydrogen) atoms. The van der Waals surface area contributed by atoms with E-state index in [1.165, 1.54) is 27.0 Å². The molecule has 3 aromatic carbocycles. The Morgan fingerprint density at radius 3 is 2.23 bits per heavy atom. The largest absolute Gasteiger partial charge is 0.475 e. The van der Waals surface area contributed by atoms with Crippen molar-refractivity contribution in [3.05, 3.63) is 89.5 Å². The Kier molecular flexibility index (Phi) is 5.80. The SMILES string of the molecule is Cc1cccc(P(c2ccccc2C)c2ccccc2C2=N[C@@H](C(C)(C)C)CO2)c1. The number of hydrogen-bond donors (Lipinski definition) is 0. The Hall–Kier alpha value is -2.44. The number of aryl methyl sites for hydroxylation is 2. The molecule has 2 nitrogen and oxygen atoms in total. The molecule has 0 aliphatic carbocycles. The van der Waals surface area contributed by atoms with Gasteiger partial charge >= 0.3 is 0 Å². The molecule has 0 radical (unpaired) electrons. The Morgan fingerprint density at radius 2 is 1.57 bits per heavy atom. The van der Waals surface area contributed by atoms with E-state index in [1.54, 1.807) is 0 Å². The van der Waals surface area contributed by atoms with Crippen molar-refractivity contribution < 1.29 is 4.74 Å². The van der Waals surface area contributed by atoms with Gasteiger partial charge in [0.15, 0.2) is 0 Å². The lowest BCUT2D eigenvalue weighted by molar-refractivity contribution is 0.236. The van der Waals surface area contributed by atoms with Crippen molar-refractivity contribution in [2.45, 2.75) is 40.7 Å². The lowest BCUT2D eigenvalue weighted by Gasteiger charge is -2.24. The fourth-order valence-electron chi connectivity index (χ4n) is 3.80. The first-order chi connectivity index (χ1) is 14.3. The van der Waals surface area contributed by atoms with Crippen LogP contribution < -0.4 is 15.9 Å². The van der Waals surface area contributed by atoms with Crippen molar-refractivity contribution in [2.24, 2.45) is 10.4 Å². The van der Waals surface area contributed by atoms with E-state index in [0.717, 1.165) is 11.5 Å². The maximum Gasteiger partial charge on any atom is 0.217 e. The first-order valence-electron chi connectivity index (χ1n) is 10.6. The Labute approximate surface area is 181 Å². The molecule has 0 spiro atoms. The molecule has 3 heteroatoms. The smallest absolute Gasteiger partial charge is 0.217 e. The second kappa shape index (κ2) is 8.36. The summed E-state index contributed by atoms with van der Waals surface area (Å²) >= 11 is 0. The topological polar surface area (TPSA) is 21.6 Å². The number of nitrogens with zero attached hydrogens (tertiary/aromatic N) is 1. The van der Waals surface area contributed by atoms with E-state index in [4.69, 9.17) is 9.73 Å². The van der Waals surface area contributed by atoms with E-state index >= 15 is 0 Å². The number of rotatable bonds is 4. The van der Waals surface area contributed by atoms with Crippen molar-refractivity contribution >= 4 is 29.7 Å². The monoisotopic (exact) mass is 415 g/mol. The molecule has 1 aliphatic heterocycles. The Bertz CT molecular complexity index is 1080. The summed E-state index contributed by atoms with van der Waals surface area (Å²) in [7, 11) is -0.723. The summed E-state index contributed by atoms with van der Waals surface area (Å²) in [4.78, 5) is 5.00. The maximum absolute atomic E-state index is 6.16. The first-order valence-corrected chi connectivity index (χ1v) is 11.9. The lowest BCUT2D eigenvalue weighted by Crippen LogP contribution is -2.26. The summed E-state index contributed by atoms with van der Waals surface area (Å²) in [5, 5.41) is 4.05. The predicted octanol–water partition coefficient (Wildman–Crippen LogP) is 5.25. The van der Waals surface area contributed by atoms with Gasteiger partial charge in [-0.15, -0.1) is 0 Å². The van der Waals surface area contributed by atoms with Gasteiger partial charge in [0.1, 0.15) is 6.61 Å². The Morgan fingerprint density at radius 1 is 0.867 bits per heavy atom. The third-order valence-electron chi connectivity index (χ3n) is 5.64. The molecular formula is C27H30NOP. The third-order valence-corrected chi connectivity index (χ3v) is 8.29. The zero-order valence-electron chi connectivity index (χ0n) is 18.5. The van der Waals surface area contributed by atoms with E-state index in [9.17, 15) is 0 Å². The molecule has 154 valence electrons. The molecule has 1 heterocycles. The van der Waals surface area contributed by atoms with Crippen LogP contribution in [0.5, 0.6) is 0 Å². The first kappa shape index (κ1) is 20.8. The van der Waals surface area contributed by atoms with Crippen LogP contribution >= 0.6 is 7.92 Å². The van der Waals surface area contributed by atoms with Gasteiger partial charge in [0, 0.05) is 5.56 Å². The molecule has 4 rings (SSSR count). The molecule has 0 saturated heterocycles. The highest BCUT2D eigenvalue weighted by molar-refractivity contribution is 7.80. The van der Waals surface area contributed by atoms with Gasteiger partial charge in [0.25, 0.3) is 0 Å². The van der Waals surface area contributed by atoms with Crippen molar-refractivity contribution in [3.8, 4) is 0 Å². The number of benzene rings is 3. The number of ether oxygens (including phenoxy) is 1. The highest BCUT2D eigenvalue weighted by atomic mass is 31.1. The van der Waals surface area contributed by atoms with Crippen LogP contribution in [0, 0.1) is 19.3 Å². The summed E-state index contributed by atoms with van der Waals surface area (Å²) in [5.74, 6) is 0.791. The second-order valence-electron chi connectivity index (χ2n) is 9.11. The molecule has 0 fully saturated rings. The molecule has 0 bridgehead atoms. The van der Waals surface area contributed by atoms with Crippen LogP contribution in [-0.2, 0) is 4.74 Å². The molecule has 2 atom stereocenters. The van der Waals surface area contributed by atoms with Gasteiger partial charge in [-0.1, -0.05) is 93.1 Å². The molecule has 3 aromatic rings. The van der Waals surface area contributed by atoms with Crippen molar-refractivity contribution in [2.75, 3.05) is 6.61 Å². The molecule has 1 aliphatic rings. The fraction of sp³-hybridized carbons (Fsp3) is 0.296. The van der Waals surface area contributed by atoms with Crippen LogP contribution in [0.15, 0.2) is 77.8 Å². The summed E-state index contributed by atoms with van der Waals surface area (Å²) in [6.45, 7) is 11.7. The average molecular weight is 416 g/mol. The van der Waals surface area contributed by atoms with E-state index < -0.39 is 7.92 Å². The zero-order valence-corrected chi connectivity index (χ0v) is 19.4. The second-order valence-corrected chi connectivity index (χ2v) is 11.3. The van der Waals surface area contributed by atoms with E-state index in [1.807, 2.05) is 0 Å². The third kappa shape index (κ3) is 4.20. The van der Waals surface area contributed by atoms with Crippen molar-refractivity contribution in [3.63, 3.8) is 0 Å². The van der Waals surface area contributed by atoms with Crippen LogP contribution in [0.3, 0.4) is 0 Å². The van der Waals surface area contributed by atoms with Gasteiger partial charge in [0.2, 0.25) is 5.90 Å². The van der Waals surface area contributed by atoms with Crippen LogP contribution in [-0.4, -0.2) is 18.5 Å². The standard InChI is InChI=1S/C27H30NOP/c1-19-11-10-13-21(17-19)30(23-15-8-6-12-20(23)2)24-16-9-7-14-22(24)26-28-25(18-29-26)27(3,4)5/h6-17,25H,18H2,1-5H3/t25-,30?/m1/s1. The van der Waals surface area contributed by atoms with E-state index in [-0.39, 0.29) is 11.5 Å². The van der Waals surface area contributed by atoms with E-state index in [0.29, 0.717) is 6.61 Å². The van der Waals surface area contributed by atoms with Gasteiger partial charge in [-0.3, -0.25) is 0 Å². The van der Waals surface area contributed by atoms with Crippen LogP contribution in [0.1, 0.15) is 37.5 Å². The predicted molar refractivity (Wildman–Crippen MR) is 130 cm³/mol. The molecule has 0 amide bonds. The highest BCUT2D eigenvalue weighted by Crippen LogP contribution is 2.37. The molecule has 0 aromatic heterocycles. The highest BCUT2D eigenvalue weighted by Gasteiger charge is 2.32. The minimum absolute atomic E-state index is 0.0913. The molecule has 0 N–H and O–H groups in total. The summed E-state index contributed by atoms with van der Waals surface area (Å²) in [5.41, 5.74) is 3.82.